The maximum Gasteiger partial charge on any atom is 0.329 e. The van der Waals surface area contributed by atoms with Crippen LogP contribution in [0.5, 0.6) is 0 Å². The Labute approximate surface area is 196 Å². The lowest BCUT2D eigenvalue weighted by molar-refractivity contribution is -0.145. The molecule has 3 fully saturated rings. The molecular weight excluding hydrogens is 414 g/mol. The summed E-state index contributed by atoms with van der Waals surface area (Å²) < 4.78 is 11.8. The molecular formula is C28H35NO4. The number of rotatable bonds is 7. The molecule has 2 aromatic rings. The third-order valence-corrected chi connectivity index (χ3v) is 8.16. The molecule has 5 heteroatoms. The van der Waals surface area contributed by atoms with Crippen LogP contribution in [0.3, 0.4) is 0 Å². The summed E-state index contributed by atoms with van der Waals surface area (Å²) in [6, 6.07) is 10.7. The Morgan fingerprint density at radius 3 is 2.36 bits per heavy atom. The van der Waals surface area contributed by atoms with Crippen molar-refractivity contribution in [3.63, 3.8) is 0 Å². The number of aliphatic carboxylic acids is 1. The Bertz CT molecular complexity index is 1020. The van der Waals surface area contributed by atoms with Gasteiger partial charge in [0.2, 0.25) is 0 Å². The molecule has 5 rings (SSSR count). The predicted octanol–water partition coefficient (Wildman–Crippen LogP) is 5.64. The Morgan fingerprint density at radius 2 is 1.73 bits per heavy atom. The first kappa shape index (κ1) is 22.4. The Morgan fingerprint density at radius 1 is 1.06 bits per heavy atom. The first-order chi connectivity index (χ1) is 15.8. The molecule has 0 aromatic heterocycles. The standard InChI is InChI=1S/C28H35NO4/c1-17-10-22(11-18(2)19(17)3)26-5-4-24(29-28(27(30)31)6-8-32-9-7-28)13-23(26)16-33-25-14-20-12-21(20)15-25/h4-5,10-11,13,20-21,25,29H,6-9,12,14-16H2,1-3H3,(H,30,31). The molecule has 33 heavy (non-hydrogen) atoms. The van der Waals surface area contributed by atoms with Gasteiger partial charge in [-0.25, -0.2) is 4.79 Å². The summed E-state index contributed by atoms with van der Waals surface area (Å²) in [6.07, 6.45) is 5.01. The lowest BCUT2D eigenvalue weighted by Crippen LogP contribution is -2.50. The minimum absolute atomic E-state index is 0.348. The molecule has 3 aliphatic rings. The van der Waals surface area contributed by atoms with Crippen LogP contribution >= 0.6 is 0 Å². The van der Waals surface area contributed by atoms with E-state index in [4.69, 9.17) is 9.47 Å². The fraction of sp³-hybridized carbons (Fsp3) is 0.536. The van der Waals surface area contributed by atoms with Crippen LogP contribution in [-0.2, 0) is 20.9 Å². The van der Waals surface area contributed by atoms with E-state index in [0.717, 1.165) is 28.7 Å². The second kappa shape index (κ2) is 8.77. The lowest BCUT2D eigenvalue weighted by atomic mass is 9.89. The lowest BCUT2D eigenvalue weighted by Gasteiger charge is -2.35. The summed E-state index contributed by atoms with van der Waals surface area (Å²) in [6.45, 7) is 7.94. The van der Waals surface area contributed by atoms with Crippen molar-refractivity contribution in [3.05, 3.63) is 52.6 Å². The number of benzene rings is 2. The van der Waals surface area contributed by atoms with Crippen molar-refractivity contribution in [1.82, 2.24) is 0 Å². The summed E-state index contributed by atoms with van der Waals surface area (Å²) in [4.78, 5) is 12.2. The van der Waals surface area contributed by atoms with E-state index in [1.54, 1.807) is 0 Å². The van der Waals surface area contributed by atoms with Gasteiger partial charge in [-0.05, 0) is 97.4 Å². The summed E-state index contributed by atoms with van der Waals surface area (Å²) in [7, 11) is 0. The molecule has 0 bridgehead atoms. The summed E-state index contributed by atoms with van der Waals surface area (Å²) >= 11 is 0. The van der Waals surface area contributed by atoms with Gasteiger partial charge < -0.3 is 19.9 Å². The van der Waals surface area contributed by atoms with Gasteiger partial charge in [0, 0.05) is 31.7 Å². The van der Waals surface area contributed by atoms with E-state index < -0.39 is 11.5 Å². The van der Waals surface area contributed by atoms with Crippen molar-refractivity contribution >= 4 is 11.7 Å². The molecule has 2 saturated carbocycles. The molecule has 2 aliphatic carbocycles. The van der Waals surface area contributed by atoms with Crippen LogP contribution < -0.4 is 5.32 Å². The zero-order valence-electron chi connectivity index (χ0n) is 19.9. The van der Waals surface area contributed by atoms with Gasteiger partial charge in [0.15, 0.2) is 0 Å². The smallest absolute Gasteiger partial charge is 0.329 e. The molecule has 0 radical (unpaired) electrons. The fourth-order valence-electron chi connectivity index (χ4n) is 5.66. The molecule has 0 amide bonds. The second-order valence-corrected chi connectivity index (χ2v) is 10.4. The van der Waals surface area contributed by atoms with Crippen LogP contribution in [0.4, 0.5) is 5.69 Å². The fourth-order valence-corrected chi connectivity index (χ4v) is 5.66. The monoisotopic (exact) mass is 449 g/mol. The molecule has 1 aliphatic heterocycles. The highest BCUT2D eigenvalue weighted by atomic mass is 16.5. The zero-order chi connectivity index (χ0) is 23.2. The van der Waals surface area contributed by atoms with Crippen LogP contribution in [0.25, 0.3) is 11.1 Å². The number of hydrogen-bond donors (Lipinski definition) is 2. The van der Waals surface area contributed by atoms with Crippen molar-refractivity contribution < 1.29 is 19.4 Å². The van der Waals surface area contributed by atoms with E-state index in [9.17, 15) is 9.90 Å². The largest absolute Gasteiger partial charge is 0.480 e. The van der Waals surface area contributed by atoms with E-state index in [0.29, 0.717) is 38.8 Å². The number of carboxylic acid groups (broad SMARTS) is 1. The maximum atomic E-state index is 12.2. The van der Waals surface area contributed by atoms with E-state index in [1.165, 1.54) is 41.5 Å². The first-order valence-corrected chi connectivity index (χ1v) is 12.3. The van der Waals surface area contributed by atoms with Crippen LogP contribution in [0.2, 0.25) is 0 Å². The highest BCUT2D eigenvalue weighted by Crippen LogP contribution is 2.52. The minimum atomic E-state index is -0.984. The highest BCUT2D eigenvalue weighted by molar-refractivity contribution is 5.83. The van der Waals surface area contributed by atoms with Gasteiger partial charge in [-0.1, -0.05) is 18.2 Å². The van der Waals surface area contributed by atoms with Crippen LogP contribution in [0, 0.1) is 32.6 Å². The number of carboxylic acids is 1. The summed E-state index contributed by atoms with van der Waals surface area (Å²) in [5.74, 6) is 0.949. The molecule has 5 nitrogen and oxygen atoms in total. The topological polar surface area (TPSA) is 67.8 Å². The Balaban J connectivity index is 1.45. The number of aryl methyl sites for hydroxylation is 2. The van der Waals surface area contributed by atoms with E-state index in [2.05, 4.69) is 50.4 Å². The molecule has 2 aromatic carbocycles. The first-order valence-electron chi connectivity index (χ1n) is 12.3. The van der Waals surface area contributed by atoms with Crippen LogP contribution in [0.15, 0.2) is 30.3 Å². The van der Waals surface area contributed by atoms with Gasteiger partial charge in [-0.2, -0.15) is 0 Å². The average Bonchev–Trinajstić information content (AvgIpc) is 3.41. The van der Waals surface area contributed by atoms with Gasteiger partial charge in [0.25, 0.3) is 0 Å². The zero-order valence-corrected chi connectivity index (χ0v) is 19.9. The summed E-state index contributed by atoms with van der Waals surface area (Å²) in [5, 5.41) is 13.3. The van der Waals surface area contributed by atoms with Crippen molar-refractivity contribution in [1.29, 1.82) is 0 Å². The average molecular weight is 450 g/mol. The molecule has 1 saturated heterocycles. The predicted molar refractivity (Wildman–Crippen MR) is 130 cm³/mol. The Hall–Kier alpha value is -2.37. The number of hydrogen-bond acceptors (Lipinski definition) is 4. The van der Waals surface area contributed by atoms with Crippen molar-refractivity contribution in [3.8, 4) is 11.1 Å². The number of carbonyl (C=O) groups is 1. The quantitative estimate of drug-likeness (QED) is 0.573. The van der Waals surface area contributed by atoms with Gasteiger partial charge in [0.05, 0.1) is 12.7 Å². The number of nitrogens with one attached hydrogen (secondary N) is 1. The van der Waals surface area contributed by atoms with Gasteiger partial charge in [-0.3, -0.25) is 0 Å². The molecule has 2 unspecified atom stereocenters. The minimum Gasteiger partial charge on any atom is -0.480 e. The van der Waals surface area contributed by atoms with E-state index >= 15 is 0 Å². The number of anilines is 1. The van der Waals surface area contributed by atoms with Crippen molar-refractivity contribution in [2.75, 3.05) is 18.5 Å². The third-order valence-electron chi connectivity index (χ3n) is 8.16. The van der Waals surface area contributed by atoms with E-state index in [-0.39, 0.29) is 0 Å². The molecule has 2 N–H and O–H groups in total. The van der Waals surface area contributed by atoms with Crippen LogP contribution in [0.1, 0.15) is 54.4 Å². The number of ether oxygens (including phenoxy) is 2. The Kier molecular flexibility index (Phi) is 5.96. The van der Waals surface area contributed by atoms with Gasteiger partial charge in [-0.15, -0.1) is 0 Å². The summed E-state index contributed by atoms with van der Waals surface area (Å²) in [5.41, 5.74) is 7.18. The van der Waals surface area contributed by atoms with Crippen LogP contribution in [-0.4, -0.2) is 35.9 Å². The van der Waals surface area contributed by atoms with E-state index in [1.807, 2.05) is 6.07 Å². The number of fused-ring (bicyclic) bond motifs is 1. The molecule has 0 spiro atoms. The molecule has 1 heterocycles. The normalized spacial score (nSPS) is 25.5. The molecule has 2 atom stereocenters. The van der Waals surface area contributed by atoms with Gasteiger partial charge in [0.1, 0.15) is 5.54 Å². The maximum absolute atomic E-state index is 12.2. The molecule has 176 valence electrons. The van der Waals surface area contributed by atoms with Gasteiger partial charge >= 0.3 is 5.97 Å². The third kappa shape index (κ3) is 4.53. The highest BCUT2D eigenvalue weighted by Gasteiger charge is 2.46. The second-order valence-electron chi connectivity index (χ2n) is 10.4. The SMILES string of the molecule is Cc1cc(-c2ccc(NC3(C(=O)O)CCOCC3)cc2COC2CC3CC3C2)cc(C)c1C. The van der Waals surface area contributed by atoms with Crippen molar-refractivity contribution in [2.24, 2.45) is 11.8 Å². The van der Waals surface area contributed by atoms with Crippen molar-refractivity contribution in [2.45, 2.75) is 71.1 Å².